The molecule has 5 nitrogen and oxygen atoms in total. The number of Topliss-reactive ketones (excluding diaryl/α,β-unsaturated/α-hetero) is 1. The number of carbonyl (C=O) groups excluding carboxylic acids is 3. The molecule has 0 heterocycles. The van der Waals surface area contributed by atoms with Crippen LogP contribution >= 0.6 is 0 Å². The van der Waals surface area contributed by atoms with Crippen molar-refractivity contribution in [3.05, 3.63) is 35.4 Å². The molecule has 1 amide bonds. The molecule has 0 saturated heterocycles. The van der Waals surface area contributed by atoms with Crippen LogP contribution in [0.15, 0.2) is 24.3 Å². The summed E-state index contributed by atoms with van der Waals surface area (Å²) in [5, 5.41) is 2.25. The van der Waals surface area contributed by atoms with Crippen molar-refractivity contribution in [2.24, 2.45) is 0 Å². The van der Waals surface area contributed by atoms with Crippen LogP contribution in [0.2, 0.25) is 0 Å². The summed E-state index contributed by atoms with van der Waals surface area (Å²) < 4.78 is 4.65. The Hall–Kier alpha value is -2.17. The van der Waals surface area contributed by atoms with Gasteiger partial charge in [-0.25, -0.2) is 4.79 Å². The van der Waals surface area contributed by atoms with Gasteiger partial charge in [0.15, 0.2) is 5.78 Å². The van der Waals surface area contributed by atoms with Gasteiger partial charge in [0.1, 0.15) is 0 Å². The highest BCUT2D eigenvalue weighted by Crippen LogP contribution is 2.04. The van der Waals surface area contributed by atoms with Gasteiger partial charge in [-0.15, -0.1) is 0 Å². The van der Waals surface area contributed by atoms with Crippen LogP contribution in [0.5, 0.6) is 0 Å². The van der Waals surface area contributed by atoms with E-state index in [4.69, 9.17) is 0 Å². The lowest BCUT2D eigenvalue weighted by Crippen LogP contribution is -2.36. The highest BCUT2D eigenvalue weighted by Gasteiger charge is 2.16. The average molecular weight is 263 g/mol. The number of benzene rings is 1. The number of ether oxygens (including phenoxy) is 1. The predicted octanol–water partition coefficient (Wildman–Crippen LogP) is 1.25. The molecular formula is C14H17NO4. The highest BCUT2D eigenvalue weighted by atomic mass is 16.5. The molecule has 19 heavy (non-hydrogen) atoms. The van der Waals surface area contributed by atoms with Gasteiger partial charge in [0.05, 0.1) is 13.2 Å². The Morgan fingerprint density at radius 1 is 1.26 bits per heavy atom. The van der Waals surface area contributed by atoms with Crippen LogP contribution in [0.25, 0.3) is 0 Å². The van der Waals surface area contributed by atoms with Gasteiger partial charge in [0, 0.05) is 5.56 Å². The number of hydrogen-bond acceptors (Lipinski definition) is 4. The number of amides is 1. The summed E-state index contributed by atoms with van der Waals surface area (Å²) in [4.78, 5) is 34.2. The number of esters is 1. The van der Waals surface area contributed by atoms with E-state index in [0.29, 0.717) is 12.0 Å². The largest absolute Gasteiger partial charge is 0.459 e. The third kappa shape index (κ3) is 4.91. The zero-order valence-electron chi connectivity index (χ0n) is 11.1. The minimum absolute atomic E-state index is 0.193. The van der Waals surface area contributed by atoms with Gasteiger partial charge in [-0.3, -0.25) is 9.59 Å². The molecule has 1 rings (SSSR count). The molecule has 102 valence electrons. The first-order valence-corrected chi connectivity index (χ1v) is 6.09. The summed E-state index contributed by atoms with van der Waals surface area (Å²) in [5.41, 5.74) is 1.46. The average Bonchev–Trinajstić information content (AvgIpc) is 2.41. The summed E-state index contributed by atoms with van der Waals surface area (Å²) in [7, 11) is 0. The van der Waals surface area contributed by atoms with Crippen LogP contribution < -0.4 is 5.32 Å². The van der Waals surface area contributed by atoms with E-state index in [9.17, 15) is 14.4 Å². The minimum atomic E-state index is -0.959. The standard InChI is InChI=1S/C14H17NO4/c1-3-7-19-14(18)13(17)15-9-12(16)11-6-4-5-10(2)8-11/h4-6,8H,3,7,9H2,1-2H3,(H,15,17). The number of aryl methyl sites for hydroxylation is 1. The van der Waals surface area contributed by atoms with E-state index in [2.05, 4.69) is 10.1 Å². The highest BCUT2D eigenvalue weighted by molar-refractivity contribution is 6.32. The first kappa shape index (κ1) is 14.9. The normalized spacial score (nSPS) is 9.79. The van der Waals surface area contributed by atoms with Crippen molar-refractivity contribution in [1.82, 2.24) is 5.32 Å². The zero-order valence-corrected chi connectivity index (χ0v) is 11.1. The maximum Gasteiger partial charge on any atom is 0.396 e. The number of nitrogens with one attached hydrogen (secondary N) is 1. The van der Waals surface area contributed by atoms with Gasteiger partial charge in [-0.2, -0.15) is 0 Å². The lowest BCUT2D eigenvalue weighted by Gasteiger charge is -2.05. The zero-order chi connectivity index (χ0) is 14.3. The summed E-state index contributed by atoms with van der Waals surface area (Å²) >= 11 is 0. The molecule has 1 aromatic rings. The maximum atomic E-state index is 11.8. The predicted molar refractivity (Wildman–Crippen MR) is 69.8 cm³/mol. The van der Waals surface area contributed by atoms with Crippen molar-refractivity contribution in [1.29, 1.82) is 0 Å². The third-order valence-electron chi connectivity index (χ3n) is 2.37. The summed E-state index contributed by atoms with van der Waals surface area (Å²) in [6.45, 7) is 3.67. The van der Waals surface area contributed by atoms with E-state index in [-0.39, 0.29) is 18.9 Å². The van der Waals surface area contributed by atoms with Crippen molar-refractivity contribution in [3.63, 3.8) is 0 Å². The smallest absolute Gasteiger partial charge is 0.396 e. The van der Waals surface area contributed by atoms with Crippen molar-refractivity contribution >= 4 is 17.7 Å². The monoisotopic (exact) mass is 263 g/mol. The molecule has 0 aliphatic rings. The van der Waals surface area contributed by atoms with Crippen LogP contribution in [0.4, 0.5) is 0 Å². The lowest BCUT2D eigenvalue weighted by molar-refractivity contribution is -0.154. The van der Waals surface area contributed by atoms with Crippen LogP contribution in [-0.4, -0.2) is 30.8 Å². The molecule has 0 spiro atoms. The summed E-state index contributed by atoms with van der Waals surface area (Å²) in [6.07, 6.45) is 0.640. The van der Waals surface area contributed by atoms with E-state index in [1.165, 1.54) is 0 Å². The quantitative estimate of drug-likeness (QED) is 0.493. The van der Waals surface area contributed by atoms with Gasteiger partial charge < -0.3 is 10.1 Å². The third-order valence-corrected chi connectivity index (χ3v) is 2.37. The fourth-order valence-corrected chi connectivity index (χ4v) is 1.41. The van der Waals surface area contributed by atoms with Crippen molar-refractivity contribution in [2.45, 2.75) is 20.3 Å². The second-order valence-corrected chi connectivity index (χ2v) is 4.11. The molecule has 0 atom stereocenters. The second kappa shape index (κ2) is 7.31. The van der Waals surface area contributed by atoms with Crippen molar-refractivity contribution < 1.29 is 19.1 Å². The Labute approximate surface area is 111 Å². The molecular weight excluding hydrogens is 246 g/mol. The SMILES string of the molecule is CCCOC(=O)C(=O)NCC(=O)c1cccc(C)c1. The minimum Gasteiger partial charge on any atom is -0.459 e. The van der Waals surface area contributed by atoms with E-state index in [0.717, 1.165) is 5.56 Å². The van der Waals surface area contributed by atoms with Gasteiger partial charge in [-0.1, -0.05) is 30.7 Å². The molecule has 5 heteroatoms. The molecule has 0 aliphatic heterocycles. The van der Waals surface area contributed by atoms with Crippen LogP contribution in [0.3, 0.4) is 0 Å². The maximum absolute atomic E-state index is 11.8. The van der Waals surface area contributed by atoms with Gasteiger partial charge in [-0.05, 0) is 19.4 Å². The van der Waals surface area contributed by atoms with E-state index < -0.39 is 11.9 Å². The first-order valence-electron chi connectivity index (χ1n) is 6.09. The van der Waals surface area contributed by atoms with E-state index in [1.54, 1.807) is 18.2 Å². The molecule has 0 saturated carbocycles. The molecule has 0 radical (unpaired) electrons. The van der Waals surface area contributed by atoms with Crippen molar-refractivity contribution in [3.8, 4) is 0 Å². The molecule has 1 aromatic carbocycles. The Kier molecular flexibility index (Phi) is 5.73. The fourth-order valence-electron chi connectivity index (χ4n) is 1.41. The second-order valence-electron chi connectivity index (χ2n) is 4.11. The van der Waals surface area contributed by atoms with Crippen LogP contribution in [-0.2, 0) is 14.3 Å². The number of hydrogen-bond donors (Lipinski definition) is 1. The Morgan fingerprint density at radius 3 is 2.63 bits per heavy atom. The van der Waals surface area contributed by atoms with E-state index >= 15 is 0 Å². The summed E-state index contributed by atoms with van der Waals surface area (Å²) in [5.74, 6) is -2.10. The molecule has 1 N–H and O–H groups in total. The number of rotatable bonds is 5. The molecule has 0 aliphatic carbocycles. The summed E-state index contributed by atoms with van der Waals surface area (Å²) in [6, 6.07) is 7.03. The van der Waals surface area contributed by atoms with Crippen LogP contribution in [0, 0.1) is 6.92 Å². The first-order chi connectivity index (χ1) is 9.04. The lowest BCUT2D eigenvalue weighted by atomic mass is 10.1. The number of ketones is 1. The van der Waals surface area contributed by atoms with Crippen LogP contribution in [0.1, 0.15) is 29.3 Å². The Bertz CT molecular complexity index is 482. The van der Waals surface area contributed by atoms with Gasteiger partial charge in [0.25, 0.3) is 0 Å². The van der Waals surface area contributed by atoms with E-state index in [1.807, 2.05) is 19.9 Å². The van der Waals surface area contributed by atoms with Crippen molar-refractivity contribution in [2.75, 3.05) is 13.2 Å². The molecule has 0 aromatic heterocycles. The van der Waals surface area contributed by atoms with Gasteiger partial charge in [0.2, 0.25) is 0 Å². The topological polar surface area (TPSA) is 72.5 Å². The Balaban J connectivity index is 2.46. The Morgan fingerprint density at radius 2 is 2.00 bits per heavy atom. The number of carbonyl (C=O) groups is 3. The fraction of sp³-hybridized carbons (Fsp3) is 0.357. The van der Waals surface area contributed by atoms with Gasteiger partial charge >= 0.3 is 11.9 Å². The molecule has 0 unspecified atom stereocenters. The molecule has 0 bridgehead atoms. The molecule has 0 fully saturated rings.